The van der Waals surface area contributed by atoms with Crippen molar-refractivity contribution in [2.24, 2.45) is 0 Å². The first-order valence-corrected chi connectivity index (χ1v) is 6.42. The summed E-state index contributed by atoms with van der Waals surface area (Å²) in [5.74, 6) is 0.412. The molecular formula is C15H24O3. The van der Waals surface area contributed by atoms with Crippen LogP contribution >= 0.6 is 0 Å². The van der Waals surface area contributed by atoms with Gasteiger partial charge >= 0.3 is 0 Å². The van der Waals surface area contributed by atoms with E-state index in [1.165, 1.54) is 6.92 Å². The molecule has 0 saturated carbocycles. The summed E-state index contributed by atoms with van der Waals surface area (Å²) in [6, 6.07) is 4.79. The first kappa shape index (κ1) is 18.7. The largest absolute Gasteiger partial charge is 0.493 e. The van der Waals surface area contributed by atoms with Crippen LogP contribution < -0.4 is 4.74 Å². The van der Waals surface area contributed by atoms with Gasteiger partial charge in [0.25, 0.3) is 0 Å². The molecule has 0 unspecified atom stereocenters. The summed E-state index contributed by atoms with van der Waals surface area (Å²) in [5.41, 5.74) is 1.02. The van der Waals surface area contributed by atoms with E-state index in [-0.39, 0.29) is 5.78 Å². The highest BCUT2D eigenvalue weighted by molar-refractivity contribution is 5.97. The normalized spacial score (nSPS) is 8.11. The van der Waals surface area contributed by atoms with Crippen molar-refractivity contribution in [2.45, 2.75) is 41.5 Å². The van der Waals surface area contributed by atoms with Gasteiger partial charge in [-0.05, 0) is 26.0 Å². The molecule has 0 N–H and O–H groups in total. The number of hydrogen-bond donors (Lipinski definition) is 0. The number of benzene rings is 1. The van der Waals surface area contributed by atoms with Crippen LogP contribution in [0.15, 0.2) is 18.2 Å². The van der Waals surface area contributed by atoms with E-state index in [4.69, 9.17) is 4.74 Å². The smallest absolute Gasteiger partial charge is 0.163 e. The second-order valence-corrected chi connectivity index (χ2v) is 2.86. The van der Waals surface area contributed by atoms with Crippen LogP contribution in [0, 0.1) is 0 Å². The maximum Gasteiger partial charge on any atom is 0.163 e. The fraction of sp³-hybridized carbons (Fsp3) is 0.467. The molecule has 1 aromatic rings. The fourth-order valence-corrected chi connectivity index (χ4v) is 1.18. The van der Waals surface area contributed by atoms with Crippen LogP contribution in [0.3, 0.4) is 0 Å². The van der Waals surface area contributed by atoms with E-state index in [1.807, 2.05) is 34.6 Å². The van der Waals surface area contributed by atoms with Gasteiger partial charge in [0.2, 0.25) is 0 Å². The van der Waals surface area contributed by atoms with Crippen molar-refractivity contribution in [3.63, 3.8) is 0 Å². The highest BCUT2D eigenvalue weighted by Crippen LogP contribution is 2.20. The molecule has 18 heavy (non-hydrogen) atoms. The van der Waals surface area contributed by atoms with Gasteiger partial charge in [0, 0.05) is 5.56 Å². The molecular weight excluding hydrogens is 228 g/mol. The minimum Gasteiger partial charge on any atom is -0.493 e. The molecule has 3 nitrogen and oxygen atoms in total. The number of aldehydes is 1. The zero-order chi connectivity index (χ0) is 14.6. The van der Waals surface area contributed by atoms with E-state index >= 15 is 0 Å². The Morgan fingerprint density at radius 1 is 1.22 bits per heavy atom. The van der Waals surface area contributed by atoms with Crippen molar-refractivity contribution >= 4 is 12.1 Å². The van der Waals surface area contributed by atoms with Crippen molar-refractivity contribution in [3.05, 3.63) is 29.3 Å². The zero-order valence-electron chi connectivity index (χ0n) is 12.2. The van der Waals surface area contributed by atoms with E-state index in [0.29, 0.717) is 23.5 Å². The maximum absolute atomic E-state index is 11.2. The van der Waals surface area contributed by atoms with Crippen LogP contribution in [0.4, 0.5) is 0 Å². The Morgan fingerprint density at radius 2 is 1.78 bits per heavy atom. The first-order chi connectivity index (χ1) is 8.69. The standard InChI is InChI=1S/C11H12O3.2C2H6/c1-3-14-11-6-9(7-12)4-5-10(11)8(2)13;2*1-2/h4-7H,3H2,1-2H3;2*1-2H3. The molecule has 0 bridgehead atoms. The van der Waals surface area contributed by atoms with E-state index < -0.39 is 0 Å². The van der Waals surface area contributed by atoms with E-state index in [0.717, 1.165) is 6.29 Å². The molecule has 0 saturated heterocycles. The van der Waals surface area contributed by atoms with Gasteiger partial charge in [-0.1, -0.05) is 33.8 Å². The molecule has 1 aromatic carbocycles. The van der Waals surface area contributed by atoms with Gasteiger partial charge in [0.05, 0.1) is 12.2 Å². The molecule has 0 amide bonds. The fourth-order valence-electron chi connectivity index (χ4n) is 1.18. The molecule has 0 atom stereocenters. The highest BCUT2D eigenvalue weighted by Gasteiger charge is 2.08. The Kier molecular flexibility index (Phi) is 12.3. The summed E-state index contributed by atoms with van der Waals surface area (Å²) in [6.45, 7) is 11.8. The average molecular weight is 252 g/mol. The van der Waals surface area contributed by atoms with Crippen molar-refractivity contribution in [1.29, 1.82) is 0 Å². The third kappa shape index (κ3) is 6.18. The highest BCUT2D eigenvalue weighted by atomic mass is 16.5. The minimum atomic E-state index is -0.0640. The topological polar surface area (TPSA) is 43.4 Å². The molecule has 1 rings (SSSR count). The van der Waals surface area contributed by atoms with E-state index in [2.05, 4.69) is 0 Å². The van der Waals surface area contributed by atoms with Crippen LogP contribution in [0.1, 0.15) is 62.3 Å². The average Bonchev–Trinajstić information content (AvgIpc) is 2.43. The van der Waals surface area contributed by atoms with E-state index in [1.54, 1.807) is 18.2 Å². The quantitative estimate of drug-likeness (QED) is 0.597. The van der Waals surface area contributed by atoms with Gasteiger partial charge in [0.1, 0.15) is 12.0 Å². The minimum absolute atomic E-state index is 0.0640. The third-order valence-electron chi connectivity index (χ3n) is 1.82. The maximum atomic E-state index is 11.2. The predicted molar refractivity (Wildman–Crippen MR) is 75.7 cm³/mol. The molecule has 102 valence electrons. The number of rotatable bonds is 4. The molecule has 0 aliphatic rings. The summed E-state index contributed by atoms with van der Waals surface area (Å²) < 4.78 is 5.26. The monoisotopic (exact) mass is 252 g/mol. The van der Waals surface area contributed by atoms with Crippen molar-refractivity contribution in [1.82, 2.24) is 0 Å². The van der Waals surface area contributed by atoms with Crippen LogP contribution in [0.5, 0.6) is 5.75 Å². The summed E-state index contributed by atoms with van der Waals surface area (Å²) >= 11 is 0. The molecule has 0 spiro atoms. The number of carbonyl (C=O) groups excluding carboxylic acids is 2. The number of ether oxygens (including phenoxy) is 1. The van der Waals surface area contributed by atoms with Gasteiger partial charge in [0.15, 0.2) is 5.78 Å². The molecule has 0 heterocycles. The first-order valence-electron chi connectivity index (χ1n) is 6.42. The SMILES string of the molecule is CC.CC.CCOc1cc(C=O)ccc1C(C)=O. The molecule has 0 aromatic heterocycles. The number of carbonyl (C=O) groups is 2. The van der Waals surface area contributed by atoms with Crippen molar-refractivity contribution in [3.8, 4) is 5.75 Å². The second-order valence-electron chi connectivity index (χ2n) is 2.86. The van der Waals surface area contributed by atoms with Crippen molar-refractivity contribution in [2.75, 3.05) is 6.61 Å². The van der Waals surface area contributed by atoms with Crippen molar-refractivity contribution < 1.29 is 14.3 Å². The van der Waals surface area contributed by atoms with Crippen LogP contribution in [0.25, 0.3) is 0 Å². The Labute approximate surface area is 110 Å². The molecule has 0 fully saturated rings. The van der Waals surface area contributed by atoms with Gasteiger partial charge < -0.3 is 4.74 Å². The Hall–Kier alpha value is -1.64. The van der Waals surface area contributed by atoms with Crippen LogP contribution in [0.2, 0.25) is 0 Å². The second kappa shape index (κ2) is 11.8. The molecule has 0 aliphatic heterocycles. The van der Waals surface area contributed by atoms with Gasteiger partial charge in [-0.2, -0.15) is 0 Å². The lowest BCUT2D eigenvalue weighted by molar-refractivity contribution is 0.101. The van der Waals surface area contributed by atoms with E-state index in [9.17, 15) is 9.59 Å². The Balaban J connectivity index is 0. The zero-order valence-corrected chi connectivity index (χ0v) is 12.2. The summed E-state index contributed by atoms with van der Waals surface area (Å²) in [5, 5.41) is 0. The van der Waals surface area contributed by atoms with Gasteiger partial charge in [-0.15, -0.1) is 0 Å². The Bertz CT molecular complexity index is 357. The number of hydrogen-bond acceptors (Lipinski definition) is 3. The van der Waals surface area contributed by atoms with Gasteiger partial charge in [-0.3, -0.25) is 9.59 Å². The number of ketones is 1. The summed E-state index contributed by atoms with van der Waals surface area (Å²) in [4.78, 5) is 21.7. The summed E-state index contributed by atoms with van der Waals surface area (Å²) in [7, 11) is 0. The lowest BCUT2D eigenvalue weighted by Crippen LogP contribution is -2.01. The summed E-state index contributed by atoms with van der Waals surface area (Å²) in [6.07, 6.45) is 0.729. The molecule has 0 radical (unpaired) electrons. The van der Waals surface area contributed by atoms with Gasteiger partial charge in [-0.25, -0.2) is 0 Å². The predicted octanol–water partition coefficient (Wildman–Crippen LogP) is 4.15. The van der Waals surface area contributed by atoms with Crippen LogP contribution in [-0.4, -0.2) is 18.7 Å². The lowest BCUT2D eigenvalue weighted by Gasteiger charge is -2.07. The Morgan fingerprint density at radius 3 is 2.17 bits per heavy atom. The number of Topliss-reactive ketones (excluding diaryl/α,β-unsaturated/α-hetero) is 1. The van der Waals surface area contributed by atoms with Crippen LogP contribution in [-0.2, 0) is 0 Å². The third-order valence-corrected chi connectivity index (χ3v) is 1.82. The lowest BCUT2D eigenvalue weighted by atomic mass is 10.1. The molecule has 3 heteroatoms. The molecule has 0 aliphatic carbocycles.